The topological polar surface area (TPSA) is 58.2 Å². The van der Waals surface area contributed by atoms with Crippen LogP contribution in [0.5, 0.6) is 0 Å². The number of hydrogen-bond donors (Lipinski definition) is 2. The maximum absolute atomic E-state index is 12.3. The van der Waals surface area contributed by atoms with Crippen LogP contribution in [0.1, 0.15) is 22.8 Å². The highest BCUT2D eigenvalue weighted by Gasteiger charge is 2.13. The summed E-state index contributed by atoms with van der Waals surface area (Å²) in [6.45, 7) is 2.29. The smallest absolute Gasteiger partial charge is 0.267 e. The van der Waals surface area contributed by atoms with E-state index in [1.165, 1.54) is 0 Å². The fourth-order valence-electron chi connectivity index (χ4n) is 1.92. The zero-order valence-corrected chi connectivity index (χ0v) is 13.4. The molecule has 0 radical (unpaired) electrons. The Morgan fingerprint density at radius 1 is 1.04 bits per heavy atom. The Balaban J connectivity index is 2.25. The summed E-state index contributed by atoms with van der Waals surface area (Å²) in [6, 6.07) is 15.7. The number of halogens is 1. The van der Waals surface area contributed by atoms with E-state index in [4.69, 9.17) is 11.6 Å². The average Bonchev–Trinajstić information content (AvgIpc) is 2.57. The maximum Gasteiger partial charge on any atom is 0.267 e. The van der Waals surface area contributed by atoms with E-state index >= 15 is 0 Å². The van der Waals surface area contributed by atoms with Crippen molar-refractivity contribution >= 4 is 29.5 Å². The van der Waals surface area contributed by atoms with E-state index in [1.807, 2.05) is 13.0 Å². The molecular formula is C18H17ClN2O2. The largest absolute Gasteiger partial charge is 0.351 e. The predicted octanol–water partition coefficient (Wildman–Crippen LogP) is 3.25. The van der Waals surface area contributed by atoms with Gasteiger partial charge in [-0.05, 0) is 42.8 Å². The highest BCUT2D eigenvalue weighted by molar-refractivity contribution is 6.30. The fourth-order valence-corrected chi connectivity index (χ4v) is 2.05. The minimum absolute atomic E-state index is 0.183. The first kappa shape index (κ1) is 16.8. The van der Waals surface area contributed by atoms with Gasteiger partial charge in [-0.15, -0.1) is 0 Å². The van der Waals surface area contributed by atoms with Crippen LogP contribution in [-0.2, 0) is 4.79 Å². The molecule has 0 unspecified atom stereocenters. The molecule has 4 nitrogen and oxygen atoms in total. The highest BCUT2D eigenvalue weighted by atomic mass is 35.5. The summed E-state index contributed by atoms with van der Waals surface area (Å²) in [7, 11) is 0. The number of benzene rings is 2. The summed E-state index contributed by atoms with van der Waals surface area (Å²) in [6.07, 6.45) is 1.61. The second-order valence-corrected chi connectivity index (χ2v) is 5.23. The van der Waals surface area contributed by atoms with Crippen molar-refractivity contribution in [3.05, 3.63) is 76.4 Å². The van der Waals surface area contributed by atoms with Crippen molar-refractivity contribution in [3.8, 4) is 0 Å². The zero-order chi connectivity index (χ0) is 16.7. The molecule has 2 rings (SSSR count). The van der Waals surface area contributed by atoms with Gasteiger partial charge in [-0.3, -0.25) is 9.59 Å². The van der Waals surface area contributed by atoms with E-state index < -0.39 is 0 Å². The maximum atomic E-state index is 12.3. The van der Waals surface area contributed by atoms with E-state index in [2.05, 4.69) is 10.6 Å². The fraction of sp³-hybridized carbons (Fsp3) is 0.111. The Morgan fingerprint density at radius 2 is 1.70 bits per heavy atom. The second-order valence-electron chi connectivity index (χ2n) is 4.79. The Hall–Kier alpha value is -2.59. The molecule has 0 heterocycles. The summed E-state index contributed by atoms with van der Waals surface area (Å²) in [5.74, 6) is -0.677. The molecule has 118 valence electrons. The predicted molar refractivity (Wildman–Crippen MR) is 92.0 cm³/mol. The van der Waals surface area contributed by atoms with Crippen LogP contribution in [0.4, 0.5) is 0 Å². The third-order valence-electron chi connectivity index (χ3n) is 3.05. The van der Waals surface area contributed by atoms with Gasteiger partial charge >= 0.3 is 0 Å². The van der Waals surface area contributed by atoms with E-state index in [-0.39, 0.29) is 17.5 Å². The lowest BCUT2D eigenvalue weighted by molar-refractivity contribution is -0.117. The Labute approximate surface area is 140 Å². The van der Waals surface area contributed by atoms with Crippen molar-refractivity contribution < 1.29 is 9.59 Å². The lowest BCUT2D eigenvalue weighted by atomic mass is 10.1. The number of carbonyl (C=O) groups excluding carboxylic acids is 2. The third-order valence-corrected chi connectivity index (χ3v) is 3.30. The van der Waals surface area contributed by atoms with Gasteiger partial charge in [0, 0.05) is 17.1 Å². The van der Waals surface area contributed by atoms with Gasteiger partial charge < -0.3 is 10.6 Å². The minimum Gasteiger partial charge on any atom is -0.351 e. The first-order chi connectivity index (χ1) is 11.1. The van der Waals surface area contributed by atoms with Gasteiger partial charge in [0.05, 0.1) is 0 Å². The van der Waals surface area contributed by atoms with Crippen LogP contribution in [0.3, 0.4) is 0 Å². The molecule has 0 aromatic heterocycles. The summed E-state index contributed by atoms with van der Waals surface area (Å²) in [4.78, 5) is 24.4. The van der Waals surface area contributed by atoms with E-state index in [0.717, 1.165) is 5.56 Å². The summed E-state index contributed by atoms with van der Waals surface area (Å²) < 4.78 is 0. The highest BCUT2D eigenvalue weighted by Crippen LogP contribution is 2.12. The Morgan fingerprint density at radius 3 is 2.30 bits per heavy atom. The van der Waals surface area contributed by atoms with E-state index in [1.54, 1.807) is 54.6 Å². The summed E-state index contributed by atoms with van der Waals surface area (Å²) in [5.41, 5.74) is 1.44. The Bertz CT molecular complexity index is 710. The molecule has 0 spiro atoms. The minimum atomic E-state index is -0.341. The zero-order valence-electron chi connectivity index (χ0n) is 12.7. The van der Waals surface area contributed by atoms with Crippen LogP contribution < -0.4 is 10.6 Å². The van der Waals surface area contributed by atoms with Crippen LogP contribution in [0, 0.1) is 0 Å². The molecule has 2 N–H and O–H groups in total. The molecular weight excluding hydrogens is 312 g/mol. The molecule has 0 saturated carbocycles. The van der Waals surface area contributed by atoms with Crippen LogP contribution in [0.25, 0.3) is 6.08 Å². The first-order valence-electron chi connectivity index (χ1n) is 7.22. The molecule has 2 aromatic carbocycles. The number of carbonyl (C=O) groups is 2. The van der Waals surface area contributed by atoms with E-state index in [9.17, 15) is 9.59 Å². The molecule has 0 saturated heterocycles. The molecule has 0 aliphatic heterocycles. The number of likely N-dealkylation sites (N-methyl/N-ethyl adjacent to an activating group) is 1. The lowest BCUT2D eigenvalue weighted by Crippen LogP contribution is -2.34. The quantitative estimate of drug-likeness (QED) is 0.828. The summed E-state index contributed by atoms with van der Waals surface area (Å²) >= 11 is 5.86. The van der Waals surface area contributed by atoms with E-state index in [0.29, 0.717) is 17.1 Å². The first-order valence-corrected chi connectivity index (χ1v) is 7.60. The lowest BCUT2D eigenvalue weighted by Gasteiger charge is -2.10. The molecule has 0 aliphatic rings. The van der Waals surface area contributed by atoms with Gasteiger partial charge in [0.25, 0.3) is 11.8 Å². The number of hydrogen-bond acceptors (Lipinski definition) is 2. The molecule has 0 fully saturated rings. The number of nitrogens with one attached hydrogen (secondary N) is 2. The molecule has 0 atom stereocenters. The van der Waals surface area contributed by atoms with Gasteiger partial charge in [-0.25, -0.2) is 0 Å². The van der Waals surface area contributed by atoms with Gasteiger partial charge in [-0.2, -0.15) is 0 Å². The van der Waals surface area contributed by atoms with Crippen molar-refractivity contribution in [2.75, 3.05) is 6.54 Å². The average molecular weight is 329 g/mol. The van der Waals surface area contributed by atoms with Crippen LogP contribution in [0.2, 0.25) is 5.02 Å². The normalized spacial score (nSPS) is 11.0. The molecule has 0 bridgehead atoms. The molecule has 23 heavy (non-hydrogen) atoms. The Kier molecular flexibility index (Phi) is 5.94. The summed E-state index contributed by atoms with van der Waals surface area (Å²) in [5, 5.41) is 5.95. The van der Waals surface area contributed by atoms with Crippen LogP contribution >= 0.6 is 11.6 Å². The van der Waals surface area contributed by atoms with Crippen molar-refractivity contribution in [3.63, 3.8) is 0 Å². The number of rotatable bonds is 5. The van der Waals surface area contributed by atoms with Crippen molar-refractivity contribution in [2.45, 2.75) is 6.92 Å². The standard InChI is InChI=1S/C18H17ClN2O2/c1-2-20-18(23)16(12-13-8-10-15(19)11-9-13)21-17(22)14-6-4-3-5-7-14/h3-12H,2H2,1H3,(H,20,23)(H,21,22). The van der Waals surface area contributed by atoms with Crippen LogP contribution in [0.15, 0.2) is 60.3 Å². The molecule has 2 aromatic rings. The van der Waals surface area contributed by atoms with Crippen molar-refractivity contribution in [1.29, 1.82) is 0 Å². The van der Waals surface area contributed by atoms with Crippen molar-refractivity contribution in [2.24, 2.45) is 0 Å². The number of amides is 2. The van der Waals surface area contributed by atoms with Gasteiger partial charge in [0.2, 0.25) is 0 Å². The van der Waals surface area contributed by atoms with Gasteiger partial charge in [-0.1, -0.05) is 41.9 Å². The molecule has 5 heteroatoms. The monoisotopic (exact) mass is 328 g/mol. The third kappa shape index (κ3) is 4.97. The van der Waals surface area contributed by atoms with Gasteiger partial charge in [0.15, 0.2) is 0 Å². The molecule has 2 amide bonds. The van der Waals surface area contributed by atoms with Crippen LogP contribution in [-0.4, -0.2) is 18.4 Å². The van der Waals surface area contributed by atoms with Gasteiger partial charge in [0.1, 0.15) is 5.70 Å². The van der Waals surface area contributed by atoms with Crippen molar-refractivity contribution in [1.82, 2.24) is 10.6 Å². The molecule has 0 aliphatic carbocycles. The second kappa shape index (κ2) is 8.15. The SMILES string of the molecule is CCNC(=O)C(=Cc1ccc(Cl)cc1)NC(=O)c1ccccc1.